The highest BCUT2D eigenvalue weighted by Crippen LogP contribution is 2.27. The number of likely N-dealkylation sites (N-methyl/N-ethyl adjacent to an activating group) is 1. The second-order valence-corrected chi connectivity index (χ2v) is 5.13. The summed E-state index contributed by atoms with van der Waals surface area (Å²) >= 11 is 0. The Balaban J connectivity index is 1.96. The Hall–Kier alpha value is -0.890. The van der Waals surface area contributed by atoms with Gasteiger partial charge in [-0.05, 0) is 43.4 Å². The number of pyridine rings is 1. The molecule has 0 saturated heterocycles. The Morgan fingerprint density at radius 1 is 1.35 bits per heavy atom. The second kappa shape index (κ2) is 6.75. The van der Waals surface area contributed by atoms with Crippen LogP contribution in [0.4, 0.5) is 0 Å². The maximum atomic E-state index is 4.22. The summed E-state index contributed by atoms with van der Waals surface area (Å²) in [5, 5.41) is 3.67. The Morgan fingerprint density at radius 3 is 2.82 bits per heavy atom. The molecule has 1 aliphatic carbocycles. The standard InChI is InChI=1S/C15H24N2/c1-2-17-15(14-8-4-3-5-9-14)11-13-7-6-10-16-12-13/h6-7,10,12,14-15,17H,2-5,8-9,11H2,1H3. The fourth-order valence-electron chi connectivity index (χ4n) is 2.98. The van der Waals surface area contributed by atoms with Gasteiger partial charge in [-0.2, -0.15) is 0 Å². The molecule has 0 radical (unpaired) electrons. The monoisotopic (exact) mass is 232 g/mol. The fourth-order valence-corrected chi connectivity index (χ4v) is 2.98. The second-order valence-electron chi connectivity index (χ2n) is 5.13. The molecule has 1 unspecified atom stereocenters. The van der Waals surface area contributed by atoms with E-state index in [0.717, 1.165) is 18.9 Å². The summed E-state index contributed by atoms with van der Waals surface area (Å²) in [6.07, 6.45) is 12.1. The molecule has 2 heteroatoms. The zero-order chi connectivity index (χ0) is 11.9. The van der Waals surface area contributed by atoms with Gasteiger partial charge in [0.25, 0.3) is 0 Å². The molecule has 1 aliphatic rings. The number of aromatic nitrogens is 1. The van der Waals surface area contributed by atoms with Crippen LogP contribution in [0.25, 0.3) is 0 Å². The lowest BCUT2D eigenvalue weighted by Crippen LogP contribution is -2.38. The number of nitrogens with zero attached hydrogens (tertiary/aromatic N) is 1. The predicted molar refractivity (Wildman–Crippen MR) is 72.0 cm³/mol. The minimum atomic E-state index is 0.643. The molecule has 0 spiro atoms. The molecule has 1 fully saturated rings. The highest BCUT2D eigenvalue weighted by molar-refractivity contribution is 5.10. The minimum absolute atomic E-state index is 0.643. The molecule has 1 aromatic rings. The van der Waals surface area contributed by atoms with Crippen molar-refractivity contribution >= 4 is 0 Å². The van der Waals surface area contributed by atoms with E-state index >= 15 is 0 Å². The molecular weight excluding hydrogens is 208 g/mol. The van der Waals surface area contributed by atoms with Crippen LogP contribution in [0.2, 0.25) is 0 Å². The summed E-state index contributed by atoms with van der Waals surface area (Å²) in [6, 6.07) is 4.88. The zero-order valence-corrected chi connectivity index (χ0v) is 10.9. The number of nitrogens with one attached hydrogen (secondary N) is 1. The third-order valence-electron chi connectivity index (χ3n) is 3.86. The van der Waals surface area contributed by atoms with Crippen molar-refractivity contribution in [2.75, 3.05) is 6.54 Å². The molecule has 1 atom stereocenters. The van der Waals surface area contributed by atoms with E-state index in [-0.39, 0.29) is 0 Å². The van der Waals surface area contributed by atoms with Crippen molar-refractivity contribution in [2.45, 2.75) is 51.5 Å². The van der Waals surface area contributed by atoms with Crippen molar-refractivity contribution in [3.05, 3.63) is 30.1 Å². The summed E-state index contributed by atoms with van der Waals surface area (Å²) < 4.78 is 0. The van der Waals surface area contributed by atoms with Crippen LogP contribution in [-0.4, -0.2) is 17.6 Å². The van der Waals surface area contributed by atoms with E-state index in [1.165, 1.54) is 37.7 Å². The van der Waals surface area contributed by atoms with Crippen molar-refractivity contribution in [2.24, 2.45) is 5.92 Å². The average molecular weight is 232 g/mol. The van der Waals surface area contributed by atoms with Crippen LogP contribution in [0, 0.1) is 5.92 Å². The van der Waals surface area contributed by atoms with Crippen molar-refractivity contribution in [3.63, 3.8) is 0 Å². The molecule has 0 aromatic carbocycles. The Morgan fingerprint density at radius 2 is 2.18 bits per heavy atom. The summed E-state index contributed by atoms with van der Waals surface area (Å²) in [5.41, 5.74) is 1.36. The first kappa shape index (κ1) is 12.6. The molecular formula is C15H24N2. The first-order valence-electron chi connectivity index (χ1n) is 7.02. The summed E-state index contributed by atoms with van der Waals surface area (Å²) in [6.45, 7) is 3.28. The first-order valence-corrected chi connectivity index (χ1v) is 7.02. The smallest absolute Gasteiger partial charge is 0.0300 e. The lowest BCUT2D eigenvalue weighted by Gasteiger charge is -2.31. The maximum Gasteiger partial charge on any atom is 0.0300 e. The van der Waals surface area contributed by atoms with Gasteiger partial charge < -0.3 is 5.32 Å². The van der Waals surface area contributed by atoms with E-state index in [1.54, 1.807) is 0 Å². The van der Waals surface area contributed by atoms with Crippen LogP contribution in [0.1, 0.15) is 44.6 Å². The topological polar surface area (TPSA) is 24.9 Å². The summed E-state index contributed by atoms with van der Waals surface area (Å²) in [7, 11) is 0. The molecule has 1 saturated carbocycles. The molecule has 1 aromatic heterocycles. The van der Waals surface area contributed by atoms with Gasteiger partial charge in [0, 0.05) is 18.4 Å². The number of hydrogen-bond donors (Lipinski definition) is 1. The third-order valence-corrected chi connectivity index (χ3v) is 3.86. The number of hydrogen-bond acceptors (Lipinski definition) is 2. The average Bonchev–Trinajstić information content (AvgIpc) is 2.40. The Labute approximate surface area is 105 Å². The van der Waals surface area contributed by atoms with E-state index in [0.29, 0.717) is 6.04 Å². The molecule has 2 rings (SSSR count). The molecule has 17 heavy (non-hydrogen) atoms. The fraction of sp³-hybridized carbons (Fsp3) is 0.667. The number of rotatable bonds is 5. The van der Waals surface area contributed by atoms with Crippen LogP contribution in [-0.2, 0) is 6.42 Å². The van der Waals surface area contributed by atoms with Gasteiger partial charge in [0.15, 0.2) is 0 Å². The Bertz CT molecular complexity index is 304. The van der Waals surface area contributed by atoms with Gasteiger partial charge in [0.1, 0.15) is 0 Å². The largest absolute Gasteiger partial charge is 0.314 e. The zero-order valence-electron chi connectivity index (χ0n) is 10.9. The van der Waals surface area contributed by atoms with Gasteiger partial charge in [-0.3, -0.25) is 4.98 Å². The summed E-state index contributed by atoms with van der Waals surface area (Å²) in [5.74, 6) is 0.865. The highest BCUT2D eigenvalue weighted by atomic mass is 14.9. The van der Waals surface area contributed by atoms with E-state index in [1.807, 2.05) is 18.5 Å². The summed E-state index contributed by atoms with van der Waals surface area (Å²) in [4.78, 5) is 4.22. The lowest BCUT2D eigenvalue weighted by molar-refractivity contribution is 0.269. The van der Waals surface area contributed by atoms with Gasteiger partial charge in [-0.1, -0.05) is 32.3 Å². The van der Waals surface area contributed by atoms with Crippen LogP contribution in [0.5, 0.6) is 0 Å². The van der Waals surface area contributed by atoms with E-state index in [9.17, 15) is 0 Å². The van der Waals surface area contributed by atoms with Crippen molar-refractivity contribution in [3.8, 4) is 0 Å². The van der Waals surface area contributed by atoms with Gasteiger partial charge >= 0.3 is 0 Å². The Kier molecular flexibility index (Phi) is 4.99. The van der Waals surface area contributed by atoms with Crippen molar-refractivity contribution in [1.82, 2.24) is 10.3 Å². The molecule has 94 valence electrons. The van der Waals surface area contributed by atoms with Gasteiger partial charge in [-0.25, -0.2) is 0 Å². The highest BCUT2D eigenvalue weighted by Gasteiger charge is 2.22. The van der Waals surface area contributed by atoms with Crippen molar-refractivity contribution < 1.29 is 0 Å². The SMILES string of the molecule is CCNC(Cc1cccnc1)C1CCCCC1. The molecule has 0 bridgehead atoms. The molecule has 1 N–H and O–H groups in total. The van der Waals surface area contributed by atoms with Crippen molar-refractivity contribution in [1.29, 1.82) is 0 Å². The first-order chi connectivity index (χ1) is 8.40. The van der Waals surface area contributed by atoms with Crippen LogP contribution < -0.4 is 5.32 Å². The van der Waals surface area contributed by atoms with Crippen LogP contribution >= 0.6 is 0 Å². The normalized spacial score (nSPS) is 19.1. The van der Waals surface area contributed by atoms with E-state index in [4.69, 9.17) is 0 Å². The van der Waals surface area contributed by atoms with Gasteiger partial charge in [-0.15, -0.1) is 0 Å². The molecule has 1 heterocycles. The van der Waals surface area contributed by atoms with Gasteiger partial charge in [0.2, 0.25) is 0 Å². The predicted octanol–water partition coefficient (Wildman–Crippen LogP) is 3.18. The third kappa shape index (κ3) is 3.81. The molecule has 0 amide bonds. The van der Waals surface area contributed by atoms with Crippen LogP contribution in [0.3, 0.4) is 0 Å². The minimum Gasteiger partial charge on any atom is -0.314 e. The van der Waals surface area contributed by atoms with Gasteiger partial charge in [0.05, 0.1) is 0 Å². The van der Waals surface area contributed by atoms with E-state index in [2.05, 4.69) is 23.3 Å². The quantitative estimate of drug-likeness (QED) is 0.843. The molecule has 2 nitrogen and oxygen atoms in total. The lowest BCUT2D eigenvalue weighted by atomic mass is 9.81. The maximum absolute atomic E-state index is 4.22. The molecule has 0 aliphatic heterocycles. The van der Waals surface area contributed by atoms with E-state index < -0.39 is 0 Å². The van der Waals surface area contributed by atoms with Crippen LogP contribution in [0.15, 0.2) is 24.5 Å².